The Hall–Kier alpha value is -5.01. The second-order valence-corrected chi connectivity index (χ2v) is 12.4. The summed E-state index contributed by atoms with van der Waals surface area (Å²) in [4.78, 5) is 30.8. The Bertz CT molecular complexity index is 1980. The van der Waals surface area contributed by atoms with Crippen LogP contribution in [0.2, 0.25) is 0 Å². The molecule has 222 valence electrons. The minimum Gasteiger partial charge on any atom is -0.274 e. The van der Waals surface area contributed by atoms with E-state index in [-0.39, 0.29) is 11.8 Å². The van der Waals surface area contributed by atoms with Crippen LogP contribution in [-0.2, 0) is 0 Å². The molecule has 0 fully saturated rings. The molecule has 0 N–H and O–H groups in total. The van der Waals surface area contributed by atoms with Gasteiger partial charge >= 0.3 is 0 Å². The second kappa shape index (κ2) is 11.5. The number of hydrogen-bond acceptors (Lipinski definition) is 3. The molecule has 5 aromatic carbocycles. The number of benzene rings is 5. The fourth-order valence-corrected chi connectivity index (χ4v) is 7.50. The number of nitriles is 1. The maximum absolute atomic E-state index is 14.6. The van der Waals surface area contributed by atoms with Crippen molar-refractivity contribution >= 4 is 22.6 Å². The largest absolute Gasteiger partial charge is 0.274 e. The van der Waals surface area contributed by atoms with Crippen LogP contribution in [0.25, 0.3) is 55.3 Å². The van der Waals surface area contributed by atoms with Gasteiger partial charge in [-0.25, -0.2) is 0 Å². The van der Waals surface area contributed by atoms with Crippen LogP contribution in [0.1, 0.15) is 82.9 Å². The molecule has 1 heterocycles. The highest BCUT2D eigenvalue weighted by molar-refractivity contribution is 6.33. The van der Waals surface area contributed by atoms with Crippen LogP contribution in [0, 0.1) is 25.2 Å². The minimum absolute atomic E-state index is 0.208. The Morgan fingerprint density at radius 1 is 0.578 bits per heavy atom. The van der Waals surface area contributed by atoms with Gasteiger partial charge in [0, 0.05) is 23.1 Å². The number of fused-ring (bicyclic) bond motifs is 4. The maximum atomic E-state index is 14.6. The first-order valence-corrected chi connectivity index (χ1v) is 16.2. The highest BCUT2D eigenvalue weighted by atomic mass is 16.2. The Labute approximate surface area is 264 Å². The summed E-state index contributed by atoms with van der Waals surface area (Å²) < 4.78 is 0. The van der Waals surface area contributed by atoms with E-state index >= 15 is 0 Å². The zero-order valence-corrected chi connectivity index (χ0v) is 26.2. The second-order valence-electron chi connectivity index (χ2n) is 12.4. The average molecular weight is 589 g/mol. The van der Waals surface area contributed by atoms with E-state index in [0.717, 1.165) is 85.7 Å². The number of carbonyl (C=O) groups is 2. The van der Waals surface area contributed by atoms with Crippen molar-refractivity contribution in [2.45, 2.75) is 59.3 Å². The molecular weight excluding hydrogens is 552 g/mol. The lowest BCUT2D eigenvalue weighted by molar-refractivity contribution is 0.0652. The first-order valence-electron chi connectivity index (χ1n) is 16.2. The first-order chi connectivity index (χ1) is 22.0. The molecule has 0 saturated carbocycles. The molecule has 45 heavy (non-hydrogen) atoms. The van der Waals surface area contributed by atoms with Crippen molar-refractivity contribution in [2.75, 3.05) is 6.54 Å². The van der Waals surface area contributed by atoms with E-state index in [1.165, 1.54) is 24.2 Å². The third-order valence-corrected chi connectivity index (χ3v) is 9.68. The van der Waals surface area contributed by atoms with Gasteiger partial charge in [0.15, 0.2) is 0 Å². The molecule has 4 nitrogen and oxygen atoms in total. The number of hydrogen-bond donors (Lipinski definition) is 0. The molecule has 0 bridgehead atoms. The third-order valence-electron chi connectivity index (χ3n) is 9.68. The van der Waals surface area contributed by atoms with Crippen molar-refractivity contribution in [3.8, 4) is 50.6 Å². The van der Waals surface area contributed by atoms with E-state index in [4.69, 9.17) is 0 Å². The number of rotatable bonds is 9. The molecule has 5 aromatic rings. The fourth-order valence-electron chi connectivity index (χ4n) is 7.50. The van der Waals surface area contributed by atoms with Gasteiger partial charge in [0.1, 0.15) is 0 Å². The molecule has 0 aromatic heterocycles. The van der Waals surface area contributed by atoms with Crippen molar-refractivity contribution in [3.05, 3.63) is 107 Å². The summed E-state index contributed by atoms with van der Waals surface area (Å²) in [6, 6.07) is 28.7. The van der Waals surface area contributed by atoms with Crippen LogP contribution in [-0.4, -0.2) is 23.3 Å². The van der Waals surface area contributed by atoms with E-state index < -0.39 is 0 Å². The smallest absolute Gasteiger partial charge is 0.262 e. The number of imide groups is 1. The van der Waals surface area contributed by atoms with Gasteiger partial charge in [-0.05, 0) is 76.2 Å². The van der Waals surface area contributed by atoms with Crippen LogP contribution >= 0.6 is 0 Å². The van der Waals surface area contributed by atoms with Crippen molar-refractivity contribution in [3.63, 3.8) is 0 Å². The van der Waals surface area contributed by atoms with Gasteiger partial charge < -0.3 is 0 Å². The van der Waals surface area contributed by atoms with E-state index in [0.29, 0.717) is 23.2 Å². The molecule has 0 radical (unpaired) electrons. The normalized spacial score (nSPS) is 13.0. The van der Waals surface area contributed by atoms with Crippen LogP contribution in [0.3, 0.4) is 0 Å². The number of carbonyl (C=O) groups excluding carboxylic acids is 2. The van der Waals surface area contributed by atoms with Crippen molar-refractivity contribution < 1.29 is 9.59 Å². The molecule has 4 heteroatoms. The monoisotopic (exact) mass is 588 g/mol. The van der Waals surface area contributed by atoms with Gasteiger partial charge in [-0.1, -0.05) is 112 Å². The van der Waals surface area contributed by atoms with Gasteiger partial charge in [-0.15, -0.1) is 0 Å². The lowest BCUT2D eigenvalue weighted by atomic mass is 9.79. The summed E-state index contributed by atoms with van der Waals surface area (Å²) in [5.41, 5.74) is 11.2. The van der Waals surface area contributed by atoms with E-state index in [9.17, 15) is 14.9 Å². The summed E-state index contributed by atoms with van der Waals surface area (Å²) in [6.07, 6.45) is 6.48. The van der Waals surface area contributed by atoms with Gasteiger partial charge in [0.05, 0.1) is 22.8 Å². The highest BCUT2D eigenvalue weighted by Gasteiger charge is 2.44. The summed E-state index contributed by atoms with van der Waals surface area (Å²) in [7, 11) is 0. The van der Waals surface area contributed by atoms with Crippen LogP contribution < -0.4 is 0 Å². The van der Waals surface area contributed by atoms with Gasteiger partial charge in [-0.2, -0.15) is 5.26 Å². The lowest BCUT2D eigenvalue weighted by Gasteiger charge is -2.21. The number of unbranched alkanes of at least 4 members (excludes halogenated alkanes) is 5. The molecule has 2 aliphatic rings. The summed E-state index contributed by atoms with van der Waals surface area (Å²) in [6.45, 7) is 6.75. The van der Waals surface area contributed by atoms with Crippen LogP contribution in [0.4, 0.5) is 0 Å². The topological polar surface area (TPSA) is 61.2 Å². The van der Waals surface area contributed by atoms with E-state index in [1.807, 2.05) is 48.5 Å². The predicted octanol–water partition coefficient (Wildman–Crippen LogP) is 10.3. The Balaban J connectivity index is 1.56. The van der Waals surface area contributed by atoms with Crippen molar-refractivity contribution in [2.24, 2.45) is 0 Å². The van der Waals surface area contributed by atoms with Crippen molar-refractivity contribution in [1.29, 1.82) is 5.26 Å². The summed E-state index contributed by atoms with van der Waals surface area (Å²) in [5.74, 6) is -0.416. The van der Waals surface area contributed by atoms with Crippen LogP contribution in [0.5, 0.6) is 0 Å². The van der Waals surface area contributed by atoms with Gasteiger partial charge in [0.2, 0.25) is 0 Å². The molecule has 2 amide bonds. The molecular formula is C41H36N2O2. The van der Waals surface area contributed by atoms with E-state index in [1.54, 1.807) is 0 Å². The quantitative estimate of drug-likeness (QED) is 0.125. The molecule has 1 aliphatic heterocycles. The number of aryl methyl sites for hydroxylation is 2. The molecule has 7 rings (SSSR count). The SMILES string of the molecule is CCCCCCCCN1C(=O)c2c(c(-c3ccccc3C)c3c(c2-c2ccccc2C)-c2cccc4c(C#N)ccc-3c24)C1=O. The Morgan fingerprint density at radius 2 is 1.09 bits per heavy atom. The average Bonchev–Trinajstić information content (AvgIpc) is 3.51. The molecule has 0 saturated heterocycles. The molecule has 1 aliphatic carbocycles. The molecule has 0 spiro atoms. The summed E-state index contributed by atoms with van der Waals surface area (Å²) in [5, 5.41) is 11.9. The standard InChI is InChI=1S/C41H36N2O2/c1-4-5-6-7-8-13-23-43-40(44)38-34(28-17-11-9-15-25(28)2)36-31-20-14-19-30-27(24-42)21-22-32(33(30)31)37(36)35(39(38)41(43)45)29-18-12-10-16-26(29)3/h9-12,14-22H,4-8,13,23H2,1-3H3. The predicted molar refractivity (Wildman–Crippen MR) is 182 cm³/mol. The number of nitrogens with zero attached hydrogens (tertiary/aromatic N) is 2. The lowest BCUT2D eigenvalue weighted by Crippen LogP contribution is -2.30. The van der Waals surface area contributed by atoms with Crippen LogP contribution in [0.15, 0.2) is 78.9 Å². The Kier molecular flexibility index (Phi) is 7.34. The van der Waals surface area contributed by atoms with E-state index in [2.05, 4.69) is 57.2 Å². The van der Waals surface area contributed by atoms with Gasteiger partial charge in [0.25, 0.3) is 11.8 Å². The molecule has 0 atom stereocenters. The number of amides is 2. The highest BCUT2D eigenvalue weighted by Crippen LogP contribution is 2.59. The van der Waals surface area contributed by atoms with Gasteiger partial charge in [-0.3, -0.25) is 14.5 Å². The maximum Gasteiger partial charge on any atom is 0.262 e. The third kappa shape index (κ3) is 4.41. The Morgan fingerprint density at radius 3 is 1.67 bits per heavy atom. The zero-order chi connectivity index (χ0) is 31.2. The minimum atomic E-state index is -0.208. The zero-order valence-electron chi connectivity index (χ0n) is 26.2. The molecule has 0 unspecified atom stereocenters. The fraction of sp³-hybridized carbons (Fsp3) is 0.244. The van der Waals surface area contributed by atoms with Crippen molar-refractivity contribution in [1.82, 2.24) is 4.90 Å². The first kappa shape index (κ1) is 28.7. The summed E-state index contributed by atoms with van der Waals surface area (Å²) >= 11 is 0.